The van der Waals surface area contributed by atoms with Crippen LogP contribution in [0.5, 0.6) is 11.5 Å². The second-order valence-corrected chi connectivity index (χ2v) is 10.6. The second kappa shape index (κ2) is 12.7. The number of carbonyl (C=O) groups excluding carboxylic acids is 2. The summed E-state index contributed by atoms with van der Waals surface area (Å²) in [5.74, 6) is 0.0708. The lowest BCUT2D eigenvalue weighted by molar-refractivity contribution is -0.151. The average Bonchev–Trinajstić information content (AvgIpc) is 3.17. The fourth-order valence-corrected chi connectivity index (χ4v) is 5.56. The van der Waals surface area contributed by atoms with Gasteiger partial charge < -0.3 is 14.2 Å². The summed E-state index contributed by atoms with van der Waals surface area (Å²) >= 11 is 18.9. The maximum absolute atomic E-state index is 13.4. The molecule has 1 aliphatic heterocycles. The van der Waals surface area contributed by atoms with Crippen molar-refractivity contribution >= 4 is 69.5 Å². The van der Waals surface area contributed by atoms with Gasteiger partial charge in [-0.15, -0.1) is 0 Å². The van der Waals surface area contributed by atoms with E-state index in [0.29, 0.717) is 37.6 Å². The number of benzene rings is 3. The van der Waals surface area contributed by atoms with Gasteiger partial charge >= 0.3 is 5.97 Å². The summed E-state index contributed by atoms with van der Waals surface area (Å²) in [7, 11) is 1.53. The first kappa shape index (κ1) is 28.0. The van der Waals surface area contributed by atoms with Crippen LogP contribution in [-0.2, 0) is 20.9 Å². The Kier molecular flexibility index (Phi) is 9.33. The van der Waals surface area contributed by atoms with Crippen LogP contribution in [-0.4, -0.2) is 34.8 Å². The van der Waals surface area contributed by atoms with Gasteiger partial charge in [0.2, 0.25) is 0 Å². The number of rotatable bonds is 9. The predicted molar refractivity (Wildman–Crippen MR) is 155 cm³/mol. The molecule has 1 aliphatic rings. The molecule has 1 heterocycles. The molecule has 10 heteroatoms. The minimum atomic E-state index is -0.973. The van der Waals surface area contributed by atoms with Gasteiger partial charge in [0.05, 0.1) is 18.6 Å². The maximum Gasteiger partial charge on any atom is 0.333 e. The van der Waals surface area contributed by atoms with Crippen molar-refractivity contribution in [2.24, 2.45) is 0 Å². The van der Waals surface area contributed by atoms with Crippen LogP contribution in [0.25, 0.3) is 6.08 Å². The molecular formula is C28H23Cl2NO5S2. The van der Waals surface area contributed by atoms with Gasteiger partial charge in [0.25, 0.3) is 5.91 Å². The van der Waals surface area contributed by atoms with Gasteiger partial charge in [-0.05, 0) is 48.4 Å². The van der Waals surface area contributed by atoms with E-state index in [0.717, 1.165) is 17.3 Å². The number of amides is 1. The highest BCUT2D eigenvalue weighted by Gasteiger charge is 2.42. The number of esters is 1. The Morgan fingerprint density at radius 3 is 2.53 bits per heavy atom. The van der Waals surface area contributed by atoms with Crippen molar-refractivity contribution in [3.05, 3.63) is 98.4 Å². The SMILES string of the molecule is CCOC(=O)C(c1ccccc1)N1C(=O)/C(=C/c2ccc(OCc3ccc(Cl)cc3Cl)c(OC)c2)SC1=S. The summed E-state index contributed by atoms with van der Waals surface area (Å²) in [5.41, 5.74) is 2.10. The highest BCUT2D eigenvalue weighted by atomic mass is 35.5. The number of halogens is 2. The van der Waals surface area contributed by atoms with Gasteiger partial charge in [0.15, 0.2) is 17.5 Å². The van der Waals surface area contributed by atoms with E-state index in [1.165, 1.54) is 12.0 Å². The van der Waals surface area contributed by atoms with Gasteiger partial charge in [0.1, 0.15) is 10.9 Å². The van der Waals surface area contributed by atoms with Crippen LogP contribution in [0.1, 0.15) is 29.7 Å². The zero-order valence-electron chi connectivity index (χ0n) is 20.5. The molecule has 0 spiro atoms. The summed E-state index contributed by atoms with van der Waals surface area (Å²) in [6.07, 6.45) is 1.70. The second-order valence-electron chi connectivity index (χ2n) is 8.05. The average molecular weight is 589 g/mol. The fraction of sp³-hybridized carbons (Fsp3) is 0.179. The van der Waals surface area contributed by atoms with E-state index >= 15 is 0 Å². The third-order valence-corrected chi connectivity index (χ3v) is 7.51. The molecule has 1 amide bonds. The summed E-state index contributed by atoms with van der Waals surface area (Å²) in [6, 6.07) is 18.5. The van der Waals surface area contributed by atoms with Gasteiger partial charge in [-0.25, -0.2) is 4.79 Å². The van der Waals surface area contributed by atoms with E-state index in [1.807, 2.05) is 6.07 Å². The van der Waals surface area contributed by atoms with Gasteiger partial charge in [-0.2, -0.15) is 0 Å². The van der Waals surface area contributed by atoms with Crippen molar-refractivity contribution in [3.63, 3.8) is 0 Å². The molecule has 38 heavy (non-hydrogen) atoms. The first-order valence-electron chi connectivity index (χ1n) is 11.6. The summed E-state index contributed by atoms with van der Waals surface area (Å²) in [5, 5.41) is 1.05. The largest absolute Gasteiger partial charge is 0.493 e. The monoisotopic (exact) mass is 587 g/mol. The molecule has 0 N–H and O–H groups in total. The number of nitrogens with zero attached hydrogens (tertiary/aromatic N) is 1. The first-order valence-corrected chi connectivity index (χ1v) is 13.5. The molecule has 0 bridgehead atoms. The zero-order valence-corrected chi connectivity index (χ0v) is 23.6. The molecule has 6 nitrogen and oxygen atoms in total. The third-order valence-electron chi connectivity index (χ3n) is 5.59. The van der Waals surface area contributed by atoms with E-state index < -0.39 is 12.0 Å². The molecule has 1 saturated heterocycles. The Balaban J connectivity index is 1.56. The summed E-state index contributed by atoms with van der Waals surface area (Å²) < 4.78 is 17.0. The van der Waals surface area contributed by atoms with E-state index in [1.54, 1.807) is 73.7 Å². The molecule has 0 aliphatic carbocycles. The Labute approximate surface area is 240 Å². The van der Waals surface area contributed by atoms with E-state index in [2.05, 4.69) is 0 Å². The molecule has 196 valence electrons. The van der Waals surface area contributed by atoms with Crippen LogP contribution in [0.3, 0.4) is 0 Å². The number of thiocarbonyl (C=S) groups is 1. The summed E-state index contributed by atoms with van der Waals surface area (Å²) in [4.78, 5) is 28.0. The van der Waals surface area contributed by atoms with Crippen molar-refractivity contribution in [2.75, 3.05) is 13.7 Å². The number of thioether (sulfide) groups is 1. The lowest BCUT2D eigenvalue weighted by atomic mass is 10.1. The number of ether oxygens (including phenoxy) is 3. The normalized spacial score (nSPS) is 15.1. The fourth-order valence-electron chi connectivity index (χ4n) is 3.79. The zero-order chi connectivity index (χ0) is 27.2. The molecule has 4 rings (SSSR count). The lowest BCUT2D eigenvalue weighted by Crippen LogP contribution is -2.38. The molecule has 0 aromatic heterocycles. The van der Waals surface area contributed by atoms with Gasteiger partial charge in [-0.3, -0.25) is 9.69 Å². The minimum Gasteiger partial charge on any atom is -0.493 e. The highest BCUT2D eigenvalue weighted by Crippen LogP contribution is 2.39. The quantitative estimate of drug-likeness (QED) is 0.150. The van der Waals surface area contributed by atoms with Crippen LogP contribution in [0, 0.1) is 0 Å². The molecule has 0 saturated carbocycles. The van der Waals surface area contributed by atoms with Crippen molar-refractivity contribution in [3.8, 4) is 11.5 Å². The van der Waals surface area contributed by atoms with E-state index in [4.69, 9.17) is 49.6 Å². The van der Waals surface area contributed by atoms with Crippen LogP contribution in [0.15, 0.2) is 71.6 Å². The van der Waals surface area contributed by atoms with E-state index in [9.17, 15) is 9.59 Å². The summed E-state index contributed by atoms with van der Waals surface area (Å²) in [6.45, 7) is 2.12. The smallest absolute Gasteiger partial charge is 0.333 e. The van der Waals surface area contributed by atoms with Crippen molar-refractivity contribution in [2.45, 2.75) is 19.6 Å². The van der Waals surface area contributed by atoms with Crippen LogP contribution >= 0.6 is 47.2 Å². The van der Waals surface area contributed by atoms with Crippen molar-refractivity contribution in [1.29, 1.82) is 0 Å². The van der Waals surface area contributed by atoms with Crippen LogP contribution in [0.4, 0.5) is 0 Å². The van der Waals surface area contributed by atoms with E-state index in [-0.39, 0.29) is 23.4 Å². The van der Waals surface area contributed by atoms with Gasteiger partial charge in [-0.1, -0.05) is 89.6 Å². The number of carbonyl (C=O) groups is 2. The molecule has 1 unspecified atom stereocenters. The lowest BCUT2D eigenvalue weighted by Gasteiger charge is -2.25. The van der Waals surface area contributed by atoms with Crippen molar-refractivity contribution in [1.82, 2.24) is 4.90 Å². The van der Waals surface area contributed by atoms with Crippen LogP contribution < -0.4 is 9.47 Å². The topological polar surface area (TPSA) is 65.1 Å². The van der Waals surface area contributed by atoms with Crippen molar-refractivity contribution < 1.29 is 23.8 Å². The Morgan fingerprint density at radius 2 is 1.84 bits per heavy atom. The predicted octanol–water partition coefficient (Wildman–Crippen LogP) is 7.09. The Morgan fingerprint density at radius 1 is 1.08 bits per heavy atom. The number of methoxy groups -OCH3 is 1. The molecule has 3 aromatic carbocycles. The minimum absolute atomic E-state index is 0.186. The Hall–Kier alpha value is -3.04. The molecular weight excluding hydrogens is 565 g/mol. The first-order chi connectivity index (χ1) is 18.3. The molecule has 3 aromatic rings. The molecule has 1 fully saturated rings. The third kappa shape index (κ3) is 6.32. The number of hydrogen-bond acceptors (Lipinski definition) is 7. The Bertz CT molecular complexity index is 1400. The number of hydrogen-bond donors (Lipinski definition) is 0. The highest BCUT2D eigenvalue weighted by molar-refractivity contribution is 8.26. The van der Waals surface area contributed by atoms with Crippen LogP contribution in [0.2, 0.25) is 10.0 Å². The van der Waals surface area contributed by atoms with Gasteiger partial charge in [0, 0.05) is 15.6 Å². The maximum atomic E-state index is 13.4. The molecule has 1 atom stereocenters. The molecule has 0 radical (unpaired) electrons. The standard InChI is InChI=1S/C28H23Cl2NO5S2/c1-3-35-27(33)25(18-7-5-4-6-8-18)31-26(32)24(38-28(31)37)14-17-9-12-22(23(13-17)34-2)36-16-19-10-11-20(29)15-21(19)30/h4-15,25H,3,16H2,1-2H3/b24-14-.